The van der Waals surface area contributed by atoms with Crippen molar-refractivity contribution in [2.45, 2.75) is 25.1 Å². The summed E-state index contributed by atoms with van der Waals surface area (Å²) in [5.41, 5.74) is -0.149. The molecule has 10 nitrogen and oxygen atoms in total. The highest BCUT2D eigenvalue weighted by molar-refractivity contribution is 7.99. The number of nitrogens with zero attached hydrogens (tertiary/aromatic N) is 4. The van der Waals surface area contributed by atoms with Gasteiger partial charge in [0.05, 0.1) is 12.2 Å². The zero-order valence-electron chi connectivity index (χ0n) is 14.8. The SMILES string of the molecule is C=CCn1c(=O)[nH]c(C)c(Cc2nnc(SCC(=O)Nc3nccs3)o2)c1=O. The van der Waals surface area contributed by atoms with Gasteiger partial charge in [-0.1, -0.05) is 17.8 Å². The van der Waals surface area contributed by atoms with Crippen molar-refractivity contribution in [1.82, 2.24) is 24.7 Å². The number of aromatic nitrogens is 5. The molecule has 0 fully saturated rings. The maximum Gasteiger partial charge on any atom is 0.328 e. The molecular weight excluding hydrogens is 404 g/mol. The lowest BCUT2D eigenvalue weighted by Gasteiger charge is -2.06. The smallest absolute Gasteiger partial charge is 0.328 e. The van der Waals surface area contributed by atoms with Crippen LogP contribution < -0.4 is 16.6 Å². The molecule has 0 radical (unpaired) electrons. The average molecular weight is 420 g/mol. The number of aromatic amines is 1. The van der Waals surface area contributed by atoms with Crippen LogP contribution in [0.3, 0.4) is 0 Å². The Morgan fingerprint density at radius 1 is 1.46 bits per heavy atom. The summed E-state index contributed by atoms with van der Waals surface area (Å²) in [5, 5.41) is 12.9. The molecule has 0 saturated carbocycles. The van der Waals surface area contributed by atoms with E-state index in [1.54, 1.807) is 18.5 Å². The van der Waals surface area contributed by atoms with E-state index in [-0.39, 0.29) is 35.7 Å². The Morgan fingerprint density at radius 2 is 2.29 bits per heavy atom. The van der Waals surface area contributed by atoms with Gasteiger partial charge in [0.25, 0.3) is 10.8 Å². The van der Waals surface area contributed by atoms with Crippen LogP contribution in [0.5, 0.6) is 0 Å². The third-order valence-corrected chi connectivity index (χ3v) is 5.10. The molecule has 0 unspecified atom stereocenters. The molecule has 0 bridgehead atoms. The van der Waals surface area contributed by atoms with E-state index >= 15 is 0 Å². The van der Waals surface area contributed by atoms with Crippen molar-refractivity contribution in [3.05, 3.63) is 62.2 Å². The predicted octanol–water partition coefficient (Wildman–Crippen LogP) is 1.19. The van der Waals surface area contributed by atoms with Crippen LogP contribution in [0.2, 0.25) is 0 Å². The average Bonchev–Trinajstić information content (AvgIpc) is 3.32. The first-order chi connectivity index (χ1) is 13.5. The van der Waals surface area contributed by atoms with Crippen LogP contribution in [0.15, 0.2) is 43.5 Å². The van der Waals surface area contributed by atoms with E-state index in [1.807, 2.05) is 0 Å². The first kappa shape index (κ1) is 19.8. The largest absolute Gasteiger partial charge is 0.416 e. The van der Waals surface area contributed by atoms with Gasteiger partial charge in [-0.2, -0.15) is 0 Å². The molecular formula is C16H16N6O4S2. The molecule has 146 valence electrons. The molecule has 0 atom stereocenters. The van der Waals surface area contributed by atoms with E-state index in [0.29, 0.717) is 16.4 Å². The summed E-state index contributed by atoms with van der Waals surface area (Å²) in [5.74, 6) is 0.0362. The minimum Gasteiger partial charge on any atom is -0.416 e. The number of hydrogen-bond donors (Lipinski definition) is 2. The zero-order valence-corrected chi connectivity index (χ0v) is 16.4. The molecule has 0 saturated heterocycles. The number of rotatable bonds is 8. The van der Waals surface area contributed by atoms with Gasteiger partial charge in [0.2, 0.25) is 11.8 Å². The number of thioether (sulfide) groups is 1. The van der Waals surface area contributed by atoms with Crippen molar-refractivity contribution < 1.29 is 9.21 Å². The van der Waals surface area contributed by atoms with Crippen molar-refractivity contribution in [1.29, 1.82) is 0 Å². The van der Waals surface area contributed by atoms with Gasteiger partial charge in [0.1, 0.15) is 0 Å². The predicted molar refractivity (Wildman–Crippen MR) is 105 cm³/mol. The van der Waals surface area contributed by atoms with E-state index in [9.17, 15) is 14.4 Å². The van der Waals surface area contributed by atoms with Crippen molar-refractivity contribution in [3.8, 4) is 0 Å². The van der Waals surface area contributed by atoms with Crippen LogP contribution in [0.1, 0.15) is 17.1 Å². The Morgan fingerprint density at radius 3 is 3.00 bits per heavy atom. The lowest BCUT2D eigenvalue weighted by Crippen LogP contribution is -2.37. The van der Waals surface area contributed by atoms with Gasteiger partial charge in [-0.15, -0.1) is 28.1 Å². The third-order valence-electron chi connectivity index (χ3n) is 3.59. The standard InChI is InChI=1S/C16H16N6O4S2/c1-3-5-22-13(24)10(9(2)18-15(22)25)7-12-20-21-16(26-12)28-8-11(23)19-14-17-4-6-27-14/h3-4,6H,1,5,7-8H2,2H3,(H,18,25)(H,17,19,23). The van der Waals surface area contributed by atoms with Crippen LogP contribution in [-0.2, 0) is 17.8 Å². The first-order valence-electron chi connectivity index (χ1n) is 8.06. The Bertz CT molecular complexity index is 1100. The maximum absolute atomic E-state index is 12.5. The molecule has 0 spiro atoms. The normalized spacial score (nSPS) is 10.8. The van der Waals surface area contributed by atoms with Crippen molar-refractivity contribution >= 4 is 34.1 Å². The molecule has 3 aromatic heterocycles. The monoisotopic (exact) mass is 420 g/mol. The quantitative estimate of drug-likeness (QED) is 0.410. The van der Waals surface area contributed by atoms with Crippen molar-refractivity contribution in [2.24, 2.45) is 0 Å². The molecule has 28 heavy (non-hydrogen) atoms. The van der Waals surface area contributed by atoms with E-state index < -0.39 is 11.2 Å². The number of allylic oxidation sites excluding steroid dienone is 1. The number of anilines is 1. The molecule has 12 heteroatoms. The van der Waals surface area contributed by atoms with Crippen LogP contribution in [0.25, 0.3) is 0 Å². The number of aryl methyl sites for hydroxylation is 1. The second-order valence-electron chi connectivity index (χ2n) is 5.55. The Balaban J connectivity index is 1.67. The Hall–Kier alpha value is -2.99. The van der Waals surface area contributed by atoms with Gasteiger partial charge in [-0.3, -0.25) is 14.2 Å². The van der Waals surface area contributed by atoms with Gasteiger partial charge in [-0.25, -0.2) is 9.78 Å². The molecule has 3 heterocycles. The van der Waals surface area contributed by atoms with Crippen molar-refractivity contribution in [3.63, 3.8) is 0 Å². The molecule has 3 aromatic rings. The molecule has 0 aromatic carbocycles. The Kier molecular flexibility index (Phi) is 6.21. The number of H-pyrrole nitrogens is 1. The molecule has 0 aliphatic carbocycles. The van der Waals surface area contributed by atoms with Gasteiger partial charge in [0, 0.05) is 29.4 Å². The summed E-state index contributed by atoms with van der Waals surface area (Å²) in [4.78, 5) is 42.9. The summed E-state index contributed by atoms with van der Waals surface area (Å²) in [6, 6.07) is 0. The molecule has 1 amide bonds. The fraction of sp³-hybridized carbons (Fsp3) is 0.250. The fourth-order valence-electron chi connectivity index (χ4n) is 2.31. The van der Waals surface area contributed by atoms with E-state index in [2.05, 4.69) is 32.1 Å². The van der Waals surface area contributed by atoms with E-state index in [1.165, 1.54) is 17.4 Å². The zero-order chi connectivity index (χ0) is 20.1. The van der Waals surface area contributed by atoms with Crippen molar-refractivity contribution in [2.75, 3.05) is 11.1 Å². The highest BCUT2D eigenvalue weighted by atomic mass is 32.2. The molecule has 0 aliphatic heterocycles. The number of thiazole rings is 1. The number of carbonyl (C=O) groups is 1. The summed E-state index contributed by atoms with van der Waals surface area (Å²) in [6.45, 7) is 5.27. The lowest BCUT2D eigenvalue weighted by molar-refractivity contribution is -0.113. The van der Waals surface area contributed by atoms with Gasteiger partial charge < -0.3 is 14.7 Å². The first-order valence-corrected chi connectivity index (χ1v) is 9.92. The number of amides is 1. The third kappa shape index (κ3) is 4.64. The van der Waals surface area contributed by atoms with Crippen LogP contribution in [0, 0.1) is 6.92 Å². The summed E-state index contributed by atoms with van der Waals surface area (Å²) < 4.78 is 6.55. The summed E-state index contributed by atoms with van der Waals surface area (Å²) in [6.07, 6.45) is 3.13. The minimum absolute atomic E-state index is 0.0669. The molecule has 3 rings (SSSR count). The van der Waals surface area contributed by atoms with E-state index in [0.717, 1.165) is 16.3 Å². The second kappa shape index (κ2) is 8.80. The highest BCUT2D eigenvalue weighted by Gasteiger charge is 2.16. The van der Waals surface area contributed by atoms with E-state index in [4.69, 9.17) is 4.42 Å². The van der Waals surface area contributed by atoms with Gasteiger partial charge in [-0.05, 0) is 6.92 Å². The Labute approximate surface area is 166 Å². The molecule has 2 N–H and O–H groups in total. The number of carbonyl (C=O) groups excluding carboxylic acids is 1. The maximum atomic E-state index is 12.5. The number of hydrogen-bond acceptors (Lipinski definition) is 9. The van der Waals surface area contributed by atoms with Crippen LogP contribution in [-0.4, -0.2) is 36.4 Å². The highest BCUT2D eigenvalue weighted by Crippen LogP contribution is 2.18. The van der Waals surface area contributed by atoms with Gasteiger partial charge >= 0.3 is 5.69 Å². The second-order valence-corrected chi connectivity index (χ2v) is 7.37. The minimum atomic E-state index is -0.501. The van der Waals surface area contributed by atoms with Crippen LogP contribution >= 0.6 is 23.1 Å². The fourth-order valence-corrected chi connectivity index (χ4v) is 3.43. The summed E-state index contributed by atoms with van der Waals surface area (Å²) in [7, 11) is 0. The molecule has 0 aliphatic rings. The number of nitrogens with one attached hydrogen (secondary N) is 2. The van der Waals surface area contributed by atoms with Gasteiger partial charge in [0.15, 0.2) is 5.13 Å². The summed E-state index contributed by atoms with van der Waals surface area (Å²) >= 11 is 2.39. The topological polar surface area (TPSA) is 136 Å². The van der Waals surface area contributed by atoms with Crippen LogP contribution in [0.4, 0.5) is 5.13 Å². The lowest BCUT2D eigenvalue weighted by atomic mass is 10.1.